The van der Waals surface area contributed by atoms with E-state index < -0.39 is 18.7 Å². The van der Waals surface area contributed by atoms with Gasteiger partial charge in [0.05, 0.1) is 17.6 Å². The molecule has 2 rings (SSSR count). The lowest BCUT2D eigenvalue weighted by Crippen LogP contribution is -2.29. The molecule has 2 aromatic rings. The maximum atomic E-state index is 12.4. The average Bonchev–Trinajstić information content (AvgIpc) is 2.60. The summed E-state index contributed by atoms with van der Waals surface area (Å²) in [6.07, 6.45) is -3.17. The number of nitrogens with zero attached hydrogens (tertiary/aromatic N) is 2. The number of rotatable bonds is 6. The van der Waals surface area contributed by atoms with E-state index in [1.165, 1.54) is 7.05 Å². The first-order chi connectivity index (χ1) is 13.0. The number of carbonyl (C=O) groups excluding carboxylic acids is 1. The van der Waals surface area contributed by atoms with Gasteiger partial charge in [-0.3, -0.25) is 0 Å². The van der Waals surface area contributed by atoms with Crippen molar-refractivity contribution in [2.45, 2.75) is 33.6 Å². The van der Waals surface area contributed by atoms with Crippen LogP contribution in [0.5, 0.6) is 0 Å². The van der Waals surface area contributed by atoms with Crippen LogP contribution in [-0.2, 0) is 11.3 Å². The normalized spacial score (nSPS) is 11.7. The number of aliphatic imine (C=N–C) groups is 1. The monoisotopic (exact) mass is 392 g/mol. The lowest BCUT2D eigenvalue weighted by Gasteiger charge is -2.15. The Balaban J connectivity index is 2.07. The predicted molar refractivity (Wildman–Crippen MR) is 103 cm³/mol. The van der Waals surface area contributed by atoms with Crippen LogP contribution in [0.15, 0.2) is 41.4 Å². The van der Waals surface area contributed by atoms with Gasteiger partial charge in [-0.15, -0.1) is 0 Å². The molecule has 0 N–H and O–H groups in total. The van der Waals surface area contributed by atoms with Gasteiger partial charge in [-0.1, -0.05) is 29.8 Å². The molecular weight excluding hydrogens is 369 g/mol. The van der Waals surface area contributed by atoms with Crippen LogP contribution in [0, 0.1) is 20.8 Å². The van der Waals surface area contributed by atoms with E-state index in [4.69, 9.17) is 4.74 Å². The largest absolute Gasteiger partial charge is 0.457 e. The molecule has 0 spiro atoms. The first-order valence-corrected chi connectivity index (χ1v) is 8.70. The minimum atomic E-state index is -4.29. The highest BCUT2D eigenvalue weighted by atomic mass is 19.4. The zero-order valence-electron chi connectivity index (χ0n) is 16.3. The van der Waals surface area contributed by atoms with Crippen LogP contribution in [0.25, 0.3) is 0 Å². The third-order valence-corrected chi connectivity index (χ3v) is 4.08. The van der Waals surface area contributed by atoms with Crippen molar-refractivity contribution in [3.8, 4) is 0 Å². The highest BCUT2D eigenvalue weighted by Gasteiger charge is 2.28. The van der Waals surface area contributed by atoms with Crippen LogP contribution in [0.1, 0.15) is 32.6 Å². The molecule has 0 atom stereocenters. The maximum absolute atomic E-state index is 12.4. The number of ether oxygens (including phenoxy) is 1. The second kappa shape index (κ2) is 8.91. The molecule has 0 aromatic heterocycles. The molecule has 0 saturated heterocycles. The summed E-state index contributed by atoms with van der Waals surface area (Å²) in [7, 11) is 1.30. The number of carbonyl (C=O) groups is 1. The first-order valence-electron chi connectivity index (χ1n) is 8.70. The van der Waals surface area contributed by atoms with Crippen molar-refractivity contribution in [1.29, 1.82) is 0 Å². The molecule has 0 aliphatic carbocycles. The van der Waals surface area contributed by atoms with Gasteiger partial charge in [0.2, 0.25) is 0 Å². The molecule has 0 heterocycles. The van der Waals surface area contributed by atoms with Gasteiger partial charge in [0.15, 0.2) is 0 Å². The zero-order valence-corrected chi connectivity index (χ0v) is 16.3. The molecule has 0 aliphatic heterocycles. The molecule has 150 valence electrons. The number of aryl methyl sites for hydroxylation is 3. The fourth-order valence-electron chi connectivity index (χ4n) is 2.56. The van der Waals surface area contributed by atoms with E-state index >= 15 is 0 Å². The third-order valence-electron chi connectivity index (χ3n) is 4.08. The maximum Gasteiger partial charge on any atom is 0.405 e. The first kappa shape index (κ1) is 21.5. The Morgan fingerprint density at radius 1 is 1.11 bits per heavy atom. The zero-order chi connectivity index (χ0) is 20.9. The Labute approximate surface area is 162 Å². The Bertz CT molecular complexity index is 859. The molecule has 0 saturated carbocycles. The van der Waals surface area contributed by atoms with Crippen molar-refractivity contribution in [3.63, 3.8) is 0 Å². The van der Waals surface area contributed by atoms with E-state index in [0.717, 1.165) is 22.4 Å². The van der Waals surface area contributed by atoms with E-state index in [1.807, 2.05) is 31.2 Å². The van der Waals surface area contributed by atoms with Crippen LogP contribution < -0.4 is 0 Å². The highest BCUT2D eigenvalue weighted by Crippen LogP contribution is 2.24. The molecule has 0 aliphatic rings. The minimum Gasteiger partial charge on any atom is -0.457 e. The lowest BCUT2D eigenvalue weighted by molar-refractivity contribution is -0.135. The van der Waals surface area contributed by atoms with E-state index in [1.54, 1.807) is 26.0 Å². The van der Waals surface area contributed by atoms with E-state index in [2.05, 4.69) is 4.99 Å². The summed E-state index contributed by atoms with van der Waals surface area (Å²) in [6.45, 7) is 4.54. The highest BCUT2D eigenvalue weighted by molar-refractivity contribution is 5.92. The van der Waals surface area contributed by atoms with Crippen molar-refractivity contribution < 1.29 is 22.7 Å². The number of esters is 1. The van der Waals surface area contributed by atoms with Gasteiger partial charge in [0.25, 0.3) is 0 Å². The fourth-order valence-corrected chi connectivity index (χ4v) is 2.56. The summed E-state index contributed by atoms with van der Waals surface area (Å²) in [5.41, 5.74) is 4.24. The SMILES string of the molecule is Cc1ccc(COC(=O)c2cc(C)c(/N=C/N(C)CC(F)(F)F)cc2C)cc1. The number of halogens is 3. The lowest BCUT2D eigenvalue weighted by atomic mass is 10.0. The van der Waals surface area contributed by atoms with E-state index in [9.17, 15) is 18.0 Å². The van der Waals surface area contributed by atoms with Gasteiger partial charge in [-0.2, -0.15) is 13.2 Å². The predicted octanol–water partition coefficient (Wildman–Crippen LogP) is 5.12. The number of benzene rings is 2. The van der Waals surface area contributed by atoms with Crippen LogP contribution >= 0.6 is 0 Å². The molecule has 0 radical (unpaired) electrons. The second-order valence-corrected chi connectivity index (χ2v) is 6.79. The number of alkyl halides is 3. The van der Waals surface area contributed by atoms with Crippen molar-refractivity contribution in [1.82, 2.24) is 4.90 Å². The van der Waals surface area contributed by atoms with Crippen LogP contribution in [-0.4, -0.2) is 37.0 Å². The Morgan fingerprint density at radius 3 is 2.36 bits per heavy atom. The van der Waals surface area contributed by atoms with Crippen molar-refractivity contribution in [3.05, 3.63) is 64.2 Å². The van der Waals surface area contributed by atoms with Gasteiger partial charge < -0.3 is 9.64 Å². The van der Waals surface area contributed by atoms with Crippen LogP contribution in [0.4, 0.5) is 18.9 Å². The molecule has 0 amide bonds. The van der Waals surface area contributed by atoms with Gasteiger partial charge in [-0.05, 0) is 49.6 Å². The van der Waals surface area contributed by atoms with Gasteiger partial charge in [0, 0.05) is 7.05 Å². The summed E-state index contributed by atoms with van der Waals surface area (Å²) in [5.74, 6) is -0.453. The Morgan fingerprint density at radius 2 is 1.75 bits per heavy atom. The molecule has 0 fully saturated rings. The second-order valence-electron chi connectivity index (χ2n) is 6.79. The van der Waals surface area contributed by atoms with Crippen LogP contribution in [0.3, 0.4) is 0 Å². The smallest absolute Gasteiger partial charge is 0.405 e. The fraction of sp³-hybridized carbons (Fsp3) is 0.333. The molecule has 2 aromatic carbocycles. The van der Waals surface area contributed by atoms with Gasteiger partial charge in [0.1, 0.15) is 13.2 Å². The summed E-state index contributed by atoms with van der Waals surface area (Å²) in [4.78, 5) is 17.5. The average molecular weight is 392 g/mol. The summed E-state index contributed by atoms with van der Waals surface area (Å²) >= 11 is 0. The van der Waals surface area contributed by atoms with E-state index in [0.29, 0.717) is 22.4 Å². The number of hydrogen-bond donors (Lipinski definition) is 0. The summed E-state index contributed by atoms with van der Waals surface area (Å²) in [6, 6.07) is 11.0. The van der Waals surface area contributed by atoms with Crippen LogP contribution in [0.2, 0.25) is 0 Å². The molecule has 0 unspecified atom stereocenters. The molecule has 4 nitrogen and oxygen atoms in total. The topological polar surface area (TPSA) is 41.9 Å². The van der Waals surface area contributed by atoms with Crippen molar-refractivity contribution in [2.75, 3.05) is 13.6 Å². The number of hydrogen-bond acceptors (Lipinski definition) is 3. The summed E-state index contributed by atoms with van der Waals surface area (Å²) in [5, 5.41) is 0. The summed E-state index contributed by atoms with van der Waals surface area (Å²) < 4.78 is 42.5. The quantitative estimate of drug-likeness (QED) is 0.389. The third kappa shape index (κ3) is 6.40. The molecule has 7 heteroatoms. The van der Waals surface area contributed by atoms with Gasteiger partial charge in [-0.25, -0.2) is 9.79 Å². The van der Waals surface area contributed by atoms with Gasteiger partial charge >= 0.3 is 12.1 Å². The molecule has 28 heavy (non-hydrogen) atoms. The standard InChI is InChI=1S/C21H23F3N2O2/c1-14-5-7-17(8-6-14)11-28-20(27)18-9-16(3)19(10-15(18)2)25-13-26(4)12-21(22,23)24/h5-10,13H,11-12H2,1-4H3/b25-13+. The Kier molecular flexibility index (Phi) is 6.83. The van der Waals surface area contributed by atoms with Crippen molar-refractivity contribution in [2.24, 2.45) is 4.99 Å². The van der Waals surface area contributed by atoms with E-state index in [-0.39, 0.29) is 6.61 Å². The van der Waals surface area contributed by atoms with Crippen molar-refractivity contribution >= 4 is 18.0 Å². The molecule has 0 bridgehead atoms. The molecular formula is C21H23F3N2O2. The minimum absolute atomic E-state index is 0.166. The Hall–Kier alpha value is -2.83.